The number of carbonyl (C=O) groups is 1. The smallest absolute Gasteiger partial charge is 0.258 e. The van der Waals surface area contributed by atoms with Gasteiger partial charge in [-0.15, -0.1) is 0 Å². The van der Waals surface area contributed by atoms with E-state index in [4.69, 9.17) is 9.84 Å². The largest absolute Gasteiger partial charge is 0.468 e. The number of rotatable bonds is 6. The molecule has 0 saturated heterocycles. The molecule has 0 spiro atoms. The van der Waals surface area contributed by atoms with Crippen molar-refractivity contribution in [2.45, 2.75) is 47.1 Å². The van der Waals surface area contributed by atoms with Crippen LogP contribution in [-0.4, -0.2) is 33.3 Å². The highest BCUT2D eigenvalue weighted by Crippen LogP contribution is 2.27. The topological polar surface area (TPSA) is 69.0 Å². The Hall–Kier alpha value is -2.89. The Bertz CT molecular complexity index is 958. The molecule has 27 heavy (non-hydrogen) atoms. The van der Waals surface area contributed by atoms with Gasteiger partial charge in [-0.3, -0.25) is 4.79 Å². The van der Waals surface area contributed by atoms with Crippen molar-refractivity contribution >= 4 is 16.9 Å². The number of hydrogen-bond acceptors (Lipinski definition) is 4. The van der Waals surface area contributed by atoms with Crippen LogP contribution in [0.15, 0.2) is 30.3 Å². The molecule has 0 fully saturated rings. The Morgan fingerprint density at radius 1 is 1.22 bits per heavy atom. The number of pyridine rings is 1. The van der Waals surface area contributed by atoms with Gasteiger partial charge < -0.3 is 10.1 Å². The molecule has 0 aliphatic rings. The molecular formula is C21H26N4O2. The van der Waals surface area contributed by atoms with Gasteiger partial charge >= 0.3 is 0 Å². The minimum atomic E-state index is -0.159. The van der Waals surface area contributed by atoms with E-state index in [-0.39, 0.29) is 18.6 Å². The maximum atomic E-state index is 11.9. The van der Waals surface area contributed by atoms with E-state index in [1.54, 1.807) is 0 Å². The van der Waals surface area contributed by atoms with Crippen molar-refractivity contribution in [1.82, 2.24) is 20.1 Å². The first kappa shape index (κ1) is 18.9. The molecule has 0 bridgehead atoms. The molecule has 2 heterocycles. The van der Waals surface area contributed by atoms with E-state index >= 15 is 0 Å². The van der Waals surface area contributed by atoms with Gasteiger partial charge in [-0.1, -0.05) is 24.6 Å². The van der Waals surface area contributed by atoms with Crippen LogP contribution in [0.2, 0.25) is 0 Å². The fourth-order valence-corrected chi connectivity index (χ4v) is 3.07. The maximum absolute atomic E-state index is 11.9. The summed E-state index contributed by atoms with van der Waals surface area (Å²) in [5.74, 6) is 0.277. The summed E-state index contributed by atoms with van der Waals surface area (Å²) >= 11 is 0. The molecule has 1 amide bonds. The average Bonchev–Trinajstić information content (AvgIpc) is 2.96. The van der Waals surface area contributed by atoms with Crippen molar-refractivity contribution in [2.24, 2.45) is 0 Å². The number of nitrogens with one attached hydrogen (secondary N) is 1. The molecular weight excluding hydrogens is 340 g/mol. The summed E-state index contributed by atoms with van der Waals surface area (Å²) in [5.41, 5.74) is 4.92. The van der Waals surface area contributed by atoms with Crippen LogP contribution in [0.1, 0.15) is 37.6 Å². The van der Waals surface area contributed by atoms with E-state index in [1.807, 2.05) is 43.7 Å². The standard InChI is InChI=1S/C21H26N4O2/c1-6-16-11-19(27-12-18(26)22-13(2)3)23-21-20(16)15(5)24-25(21)17-9-7-14(4)8-10-17/h7-11,13H,6,12H2,1-5H3,(H,22,26). The lowest BCUT2D eigenvalue weighted by atomic mass is 10.1. The predicted octanol–water partition coefficient (Wildman–Crippen LogP) is 3.50. The summed E-state index contributed by atoms with van der Waals surface area (Å²) in [5, 5.41) is 8.55. The molecule has 3 aromatic rings. The van der Waals surface area contributed by atoms with Crippen molar-refractivity contribution in [3.63, 3.8) is 0 Å². The molecule has 0 atom stereocenters. The number of carbonyl (C=O) groups excluding carboxylic acids is 1. The third kappa shape index (κ3) is 4.10. The fourth-order valence-electron chi connectivity index (χ4n) is 3.07. The maximum Gasteiger partial charge on any atom is 0.258 e. The molecule has 0 unspecified atom stereocenters. The second-order valence-electron chi connectivity index (χ2n) is 7.02. The van der Waals surface area contributed by atoms with Crippen LogP contribution in [0.4, 0.5) is 0 Å². The van der Waals surface area contributed by atoms with Gasteiger partial charge in [-0.2, -0.15) is 10.1 Å². The first-order valence-electron chi connectivity index (χ1n) is 9.27. The zero-order valence-corrected chi connectivity index (χ0v) is 16.5. The molecule has 0 saturated carbocycles. The summed E-state index contributed by atoms with van der Waals surface area (Å²) in [6.45, 7) is 9.91. The molecule has 0 radical (unpaired) electrons. The van der Waals surface area contributed by atoms with Gasteiger partial charge in [0, 0.05) is 17.5 Å². The van der Waals surface area contributed by atoms with E-state index in [0.717, 1.165) is 34.4 Å². The fraction of sp³-hybridized carbons (Fsp3) is 0.381. The normalized spacial score (nSPS) is 11.2. The summed E-state index contributed by atoms with van der Waals surface area (Å²) in [4.78, 5) is 16.5. The summed E-state index contributed by atoms with van der Waals surface area (Å²) in [6, 6.07) is 10.1. The van der Waals surface area contributed by atoms with Crippen LogP contribution in [0, 0.1) is 13.8 Å². The van der Waals surface area contributed by atoms with Crippen LogP contribution in [-0.2, 0) is 11.2 Å². The van der Waals surface area contributed by atoms with Crippen molar-refractivity contribution < 1.29 is 9.53 Å². The van der Waals surface area contributed by atoms with Gasteiger partial charge in [0.25, 0.3) is 5.91 Å². The van der Waals surface area contributed by atoms with Crippen LogP contribution in [0.3, 0.4) is 0 Å². The molecule has 142 valence electrons. The van der Waals surface area contributed by atoms with Gasteiger partial charge in [0.05, 0.1) is 11.4 Å². The highest BCUT2D eigenvalue weighted by atomic mass is 16.5. The van der Waals surface area contributed by atoms with Gasteiger partial charge in [-0.05, 0) is 51.8 Å². The molecule has 6 nitrogen and oxygen atoms in total. The molecule has 2 aromatic heterocycles. The molecule has 1 aromatic carbocycles. The second kappa shape index (κ2) is 7.78. The Morgan fingerprint density at radius 3 is 2.56 bits per heavy atom. The minimum absolute atomic E-state index is 0.0580. The lowest BCUT2D eigenvalue weighted by molar-refractivity contribution is -0.123. The summed E-state index contributed by atoms with van der Waals surface area (Å²) in [6.07, 6.45) is 0.827. The van der Waals surface area contributed by atoms with E-state index in [2.05, 4.69) is 36.3 Å². The third-order valence-electron chi connectivity index (χ3n) is 4.33. The number of fused-ring (bicyclic) bond motifs is 1. The molecule has 0 aliphatic carbocycles. The quantitative estimate of drug-likeness (QED) is 0.725. The van der Waals surface area contributed by atoms with E-state index in [9.17, 15) is 4.79 Å². The van der Waals surface area contributed by atoms with Gasteiger partial charge in [0.1, 0.15) is 0 Å². The number of aromatic nitrogens is 3. The summed E-state index contributed by atoms with van der Waals surface area (Å²) in [7, 11) is 0. The molecule has 6 heteroatoms. The number of nitrogens with zero attached hydrogens (tertiary/aromatic N) is 3. The Morgan fingerprint density at radius 2 is 1.93 bits per heavy atom. The number of ether oxygens (including phenoxy) is 1. The lowest BCUT2D eigenvalue weighted by Crippen LogP contribution is -2.34. The Balaban J connectivity index is 2.01. The minimum Gasteiger partial charge on any atom is -0.468 e. The van der Waals surface area contributed by atoms with Gasteiger partial charge in [-0.25, -0.2) is 4.68 Å². The van der Waals surface area contributed by atoms with E-state index < -0.39 is 0 Å². The third-order valence-corrected chi connectivity index (χ3v) is 4.33. The summed E-state index contributed by atoms with van der Waals surface area (Å²) < 4.78 is 7.51. The van der Waals surface area contributed by atoms with E-state index in [1.165, 1.54) is 5.56 Å². The number of hydrogen-bond donors (Lipinski definition) is 1. The van der Waals surface area contributed by atoms with Crippen molar-refractivity contribution in [3.05, 3.63) is 47.2 Å². The number of amides is 1. The molecule has 3 rings (SSSR count). The van der Waals surface area contributed by atoms with Gasteiger partial charge in [0.15, 0.2) is 12.3 Å². The lowest BCUT2D eigenvalue weighted by Gasteiger charge is -2.11. The number of benzene rings is 1. The first-order chi connectivity index (χ1) is 12.9. The highest BCUT2D eigenvalue weighted by Gasteiger charge is 2.16. The van der Waals surface area contributed by atoms with E-state index in [0.29, 0.717) is 5.88 Å². The Labute approximate surface area is 159 Å². The van der Waals surface area contributed by atoms with Crippen LogP contribution < -0.4 is 10.1 Å². The SMILES string of the molecule is CCc1cc(OCC(=O)NC(C)C)nc2c1c(C)nn2-c1ccc(C)cc1. The molecule has 1 N–H and O–H groups in total. The van der Waals surface area contributed by atoms with Crippen LogP contribution in [0.25, 0.3) is 16.7 Å². The highest BCUT2D eigenvalue weighted by molar-refractivity contribution is 5.84. The van der Waals surface area contributed by atoms with Crippen molar-refractivity contribution in [1.29, 1.82) is 0 Å². The monoisotopic (exact) mass is 366 g/mol. The number of aryl methyl sites for hydroxylation is 3. The molecule has 0 aliphatic heterocycles. The zero-order valence-electron chi connectivity index (χ0n) is 16.5. The average molecular weight is 366 g/mol. The van der Waals surface area contributed by atoms with Crippen LogP contribution >= 0.6 is 0 Å². The van der Waals surface area contributed by atoms with Crippen molar-refractivity contribution in [2.75, 3.05) is 6.61 Å². The first-order valence-corrected chi connectivity index (χ1v) is 9.27. The predicted molar refractivity (Wildman–Crippen MR) is 106 cm³/mol. The van der Waals surface area contributed by atoms with Crippen LogP contribution in [0.5, 0.6) is 5.88 Å². The Kier molecular flexibility index (Phi) is 5.44. The van der Waals surface area contributed by atoms with Gasteiger partial charge in [0.2, 0.25) is 5.88 Å². The zero-order chi connectivity index (χ0) is 19.6. The second-order valence-corrected chi connectivity index (χ2v) is 7.02. The van der Waals surface area contributed by atoms with Crippen molar-refractivity contribution in [3.8, 4) is 11.6 Å².